The first kappa shape index (κ1) is 11.1. The van der Waals surface area contributed by atoms with Gasteiger partial charge in [0.15, 0.2) is 0 Å². The summed E-state index contributed by atoms with van der Waals surface area (Å²) < 4.78 is 26.1. The maximum atomic E-state index is 13.0. The Bertz CT molecular complexity index is 315. The van der Waals surface area contributed by atoms with E-state index in [2.05, 4.69) is 0 Å². The smallest absolute Gasteiger partial charge is 0.289 e. The summed E-state index contributed by atoms with van der Waals surface area (Å²) >= 11 is 0. The van der Waals surface area contributed by atoms with E-state index in [1.807, 2.05) is 0 Å². The van der Waals surface area contributed by atoms with Gasteiger partial charge in [0.05, 0.1) is 6.04 Å². The Hall–Kier alpha value is -1.00. The third-order valence-electron chi connectivity index (χ3n) is 2.19. The van der Waals surface area contributed by atoms with Gasteiger partial charge in [-0.25, -0.2) is 8.78 Å². The van der Waals surface area contributed by atoms with Crippen molar-refractivity contribution in [2.24, 2.45) is 5.73 Å². The van der Waals surface area contributed by atoms with Crippen LogP contribution in [-0.4, -0.2) is 17.6 Å². The van der Waals surface area contributed by atoms with E-state index in [1.165, 1.54) is 0 Å². The number of rotatable bonds is 3. The summed E-state index contributed by atoms with van der Waals surface area (Å²) in [4.78, 5) is 0. The summed E-state index contributed by atoms with van der Waals surface area (Å²) in [5.41, 5.74) is 6.44. The summed E-state index contributed by atoms with van der Waals surface area (Å²) in [6.07, 6.45) is 0. The number of nitrogens with two attached hydrogens (primary N) is 1. The first-order chi connectivity index (χ1) is 6.49. The van der Waals surface area contributed by atoms with Crippen LogP contribution in [0, 0.1) is 6.92 Å². The largest absolute Gasteiger partial charge is 0.390 e. The molecule has 0 aromatic heterocycles. The molecular weight excluding hydrogens is 188 g/mol. The molecule has 0 heterocycles. The fourth-order valence-electron chi connectivity index (χ4n) is 1.26. The molecule has 0 saturated heterocycles. The Balaban J connectivity index is 3.00. The van der Waals surface area contributed by atoms with E-state index in [1.54, 1.807) is 31.2 Å². The molecule has 0 aliphatic rings. The molecule has 0 unspecified atom stereocenters. The van der Waals surface area contributed by atoms with Crippen LogP contribution >= 0.6 is 0 Å². The second-order valence-electron chi connectivity index (χ2n) is 3.25. The molecule has 14 heavy (non-hydrogen) atoms. The van der Waals surface area contributed by atoms with E-state index >= 15 is 0 Å². The molecule has 1 rings (SSSR count). The van der Waals surface area contributed by atoms with E-state index in [0.29, 0.717) is 11.1 Å². The predicted molar refractivity (Wildman–Crippen MR) is 50.1 cm³/mol. The molecule has 0 bridgehead atoms. The van der Waals surface area contributed by atoms with Gasteiger partial charge >= 0.3 is 0 Å². The van der Waals surface area contributed by atoms with Gasteiger partial charge in [0, 0.05) is 0 Å². The van der Waals surface area contributed by atoms with Crippen LogP contribution in [0.2, 0.25) is 0 Å². The Morgan fingerprint density at radius 2 is 2.00 bits per heavy atom. The van der Waals surface area contributed by atoms with Gasteiger partial charge in [0.1, 0.15) is 6.61 Å². The van der Waals surface area contributed by atoms with Crippen molar-refractivity contribution >= 4 is 0 Å². The fraction of sp³-hybridized carbons (Fsp3) is 0.400. The highest BCUT2D eigenvalue weighted by atomic mass is 19.3. The van der Waals surface area contributed by atoms with Crippen molar-refractivity contribution in [1.29, 1.82) is 0 Å². The molecule has 0 aliphatic heterocycles. The number of hydrogen-bond acceptors (Lipinski definition) is 2. The summed E-state index contributed by atoms with van der Waals surface area (Å²) in [7, 11) is 0. The average Bonchev–Trinajstić information content (AvgIpc) is 2.17. The van der Waals surface area contributed by atoms with Crippen LogP contribution < -0.4 is 5.73 Å². The SMILES string of the molecule is Cc1ccccc1[C@@H](N)C(F)(F)CO. The van der Waals surface area contributed by atoms with Gasteiger partial charge in [-0.3, -0.25) is 0 Å². The highest BCUT2D eigenvalue weighted by molar-refractivity contribution is 5.29. The maximum absolute atomic E-state index is 13.0. The topological polar surface area (TPSA) is 46.2 Å². The molecule has 0 amide bonds. The number of halogens is 2. The molecule has 0 fully saturated rings. The summed E-state index contributed by atoms with van der Waals surface area (Å²) in [6, 6.07) is 5.21. The van der Waals surface area contributed by atoms with Crippen LogP contribution in [-0.2, 0) is 0 Å². The van der Waals surface area contributed by atoms with E-state index < -0.39 is 18.6 Å². The van der Waals surface area contributed by atoms with Gasteiger partial charge in [-0.1, -0.05) is 24.3 Å². The minimum atomic E-state index is -3.27. The molecule has 1 aromatic rings. The van der Waals surface area contributed by atoms with Crippen LogP contribution in [0.1, 0.15) is 17.2 Å². The second kappa shape index (κ2) is 4.02. The van der Waals surface area contributed by atoms with E-state index in [9.17, 15) is 8.78 Å². The molecule has 2 nitrogen and oxygen atoms in total. The van der Waals surface area contributed by atoms with Crippen molar-refractivity contribution in [3.05, 3.63) is 35.4 Å². The van der Waals surface area contributed by atoms with Crippen LogP contribution in [0.15, 0.2) is 24.3 Å². The van der Waals surface area contributed by atoms with Gasteiger partial charge in [0.25, 0.3) is 5.92 Å². The molecule has 1 atom stereocenters. The van der Waals surface area contributed by atoms with Crippen LogP contribution in [0.4, 0.5) is 8.78 Å². The summed E-state index contributed by atoms with van der Waals surface area (Å²) in [6.45, 7) is 0.477. The number of aliphatic hydroxyl groups excluding tert-OH is 1. The Labute approximate surface area is 81.4 Å². The van der Waals surface area contributed by atoms with Crippen molar-refractivity contribution < 1.29 is 13.9 Å². The molecule has 78 valence electrons. The van der Waals surface area contributed by atoms with E-state index in [0.717, 1.165) is 0 Å². The summed E-state index contributed by atoms with van der Waals surface area (Å²) in [5.74, 6) is -3.27. The van der Waals surface area contributed by atoms with Crippen LogP contribution in [0.3, 0.4) is 0 Å². The van der Waals surface area contributed by atoms with Gasteiger partial charge in [-0.2, -0.15) is 0 Å². The first-order valence-electron chi connectivity index (χ1n) is 4.29. The molecule has 1 aromatic carbocycles. The first-order valence-corrected chi connectivity index (χ1v) is 4.29. The number of alkyl halides is 2. The zero-order chi connectivity index (χ0) is 10.8. The number of hydrogen-bond donors (Lipinski definition) is 2. The Kier molecular flexibility index (Phi) is 3.18. The Morgan fingerprint density at radius 1 is 1.43 bits per heavy atom. The summed E-state index contributed by atoms with van der Waals surface area (Å²) in [5, 5.41) is 8.49. The highest BCUT2D eigenvalue weighted by Crippen LogP contribution is 2.30. The number of aliphatic hydroxyl groups is 1. The lowest BCUT2D eigenvalue weighted by atomic mass is 9.97. The van der Waals surface area contributed by atoms with Crippen molar-refractivity contribution in [3.63, 3.8) is 0 Å². The van der Waals surface area contributed by atoms with Gasteiger partial charge in [-0.05, 0) is 18.1 Å². The van der Waals surface area contributed by atoms with Crippen molar-refractivity contribution in [3.8, 4) is 0 Å². The van der Waals surface area contributed by atoms with Gasteiger partial charge in [-0.15, -0.1) is 0 Å². The molecule has 3 N–H and O–H groups in total. The molecule has 0 aliphatic carbocycles. The Morgan fingerprint density at radius 3 is 2.50 bits per heavy atom. The lowest BCUT2D eigenvalue weighted by molar-refractivity contribution is -0.0713. The van der Waals surface area contributed by atoms with Crippen molar-refractivity contribution in [1.82, 2.24) is 0 Å². The third kappa shape index (κ3) is 2.08. The van der Waals surface area contributed by atoms with E-state index in [-0.39, 0.29) is 0 Å². The standard InChI is InChI=1S/C10H13F2NO/c1-7-4-2-3-5-8(7)9(13)10(11,12)6-14/h2-5,9,14H,6,13H2,1H3/t9-/m1/s1. The lowest BCUT2D eigenvalue weighted by Crippen LogP contribution is -2.36. The minimum Gasteiger partial charge on any atom is -0.390 e. The average molecular weight is 201 g/mol. The molecular formula is C10H13F2NO. The zero-order valence-corrected chi connectivity index (χ0v) is 7.87. The second-order valence-corrected chi connectivity index (χ2v) is 3.25. The quantitative estimate of drug-likeness (QED) is 0.780. The van der Waals surface area contributed by atoms with Crippen LogP contribution in [0.25, 0.3) is 0 Å². The van der Waals surface area contributed by atoms with Crippen molar-refractivity contribution in [2.75, 3.05) is 6.61 Å². The normalized spacial score (nSPS) is 14.1. The number of benzene rings is 1. The zero-order valence-electron chi connectivity index (χ0n) is 7.87. The molecule has 4 heteroatoms. The molecule has 0 radical (unpaired) electrons. The number of aryl methyl sites for hydroxylation is 1. The maximum Gasteiger partial charge on any atom is 0.289 e. The monoisotopic (exact) mass is 201 g/mol. The lowest BCUT2D eigenvalue weighted by Gasteiger charge is -2.22. The molecule has 0 saturated carbocycles. The highest BCUT2D eigenvalue weighted by Gasteiger charge is 2.37. The predicted octanol–water partition coefficient (Wildman–Crippen LogP) is 1.62. The molecule has 0 spiro atoms. The third-order valence-corrected chi connectivity index (χ3v) is 2.19. The minimum absolute atomic E-state index is 0.367. The van der Waals surface area contributed by atoms with Gasteiger partial charge in [0.2, 0.25) is 0 Å². The van der Waals surface area contributed by atoms with E-state index in [4.69, 9.17) is 10.8 Å². The van der Waals surface area contributed by atoms with Crippen LogP contribution in [0.5, 0.6) is 0 Å². The fourth-order valence-corrected chi connectivity index (χ4v) is 1.26. The van der Waals surface area contributed by atoms with Gasteiger partial charge < -0.3 is 10.8 Å². The van der Waals surface area contributed by atoms with Crippen molar-refractivity contribution in [2.45, 2.75) is 18.9 Å².